The highest BCUT2D eigenvalue weighted by atomic mass is 79.9. The topological polar surface area (TPSA) is 24.5 Å². The summed E-state index contributed by atoms with van der Waals surface area (Å²) in [4.78, 5) is 2.40. The average molecular weight is 327 g/mol. The summed E-state index contributed by atoms with van der Waals surface area (Å²) in [6.45, 7) is 4.43. The van der Waals surface area contributed by atoms with Gasteiger partial charge in [-0.25, -0.2) is 0 Å². The van der Waals surface area contributed by atoms with Crippen LogP contribution in [0, 0.1) is 5.92 Å². The molecule has 0 atom stereocenters. The molecular formula is C15H23BrN2O. The minimum atomic E-state index is 0.824. The molecule has 0 saturated carbocycles. The van der Waals surface area contributed by atoms with Gasteiger partial charge in [-0.05, 0) is 57.1 Å². The summed E-state index contributed by atoms with van der Waals surface area (Å²) in [6, 6.07) is 6.20. The predicted molar refractivity (Wildman–Crippen MR) is 82.6 cm³/mol. The first-order valence-corrected chi connectivity index (χ1v) is 7.70. The molecule has 19 heavy (non-hydrogen) atoms. The summed E-state index contributed by atoms with van der Waals surface area (Å²) in [6.07, 6.45) is 2.58. The first kappa shape index (κ1) is 14.8. The lowest BCUT2D eigenvalue weighted by Gasteiger charge is -2.27. The van der Waals surface area contributed by atoms with E-state index in [0.717, 1.165) is 29.2 Å². The predicted octanol–water partition coefficient (Wildman–Crippen LogP) is 2.89. The van der Waals surface area contributed by atoms with Gasteiger partial charge in [0, 0.05) is 23.1 Å². The molecule has 4 heteroatoms. The Kier molecular flexibility index (Phi) is 5.67. The van der Waals surface area contributed by atoms with Crippen molar-refractivity contribution in [3.63, 3.8) is 0 Å². The molecule has 1 saturated heterocycles. The molecule has 1 aliphatic heterocycles. The molecule has 0 radical (unpaired) electrons. The molecule has 0 amide bonds. The molecule has 106 valence electrons. The van der Waals surface area contributed by atoms with Gasteiger partial charge in [-0.2, -0.15) is 0 Å². The molecule has 1 heterocycles. The summed E-state index contributed by atoms with van der Waals surface area (Å²) in [5.41, 5.74) is 1.24. The van der Waals surface area contributed by atoms with E-state index in [9.17, 15) is 0 Å². The van der Waals surface area contributed by atoms with Crippen LogP contribution in [0.3, 0.4) is 0 Å². The van der Waals surface area contributed by atoms with Crippen LogP contribution in [0.1, 0.15) is 18.4 Å². The third-order valence-electron chi connectivity index (χ3n) is 3.71. The molecule has 0 spiro atoms. The molecule has 1 aromatic rings. The number of hydrogen-bond acceptors (Lipinski definition) is 3. The number of ether oxygens (including phenoxy) is 1. The number of rotatable bonds is 5. The van der Waals surface area contributed by atoms with Crippen LogP contribution < -0.4 is 10.1 Å². The van der Waals surface area contributed by atoms with Gasteiger partial charge in [-0.1, -0.05) is 15.9 Å². The van der Waals surface area contributed by atoms with E-state index >= 15 is 0 Å². The summed E-state index contributed by atoms with van der Waals surface area (Å²) in [5, 5.41) is 3.42. The second-order valence-corrected chi connectivity index (χ2v) is 6.26. The fourth-order valence-electron chi connectivity index (χ4n) is 2.73. The summed E-state index contributed by atoms with van der Waals surface area (Å²) in [5.74, 6) is 1.80. The maximum absolute atomic E-state index is 5.43. The normalized spacial score (nSPS) is 16.8. The van der Waals surface area contributed by atoms with Crippen molar-refractivity contribution >= 4 is 15.9 Å². The van der Waals surface area contributed by atoms with Gasteiger partial charge in [-0.3, -0.25) is 0 Å². The number of nitrogens with zero attached hydrogens (tertiary/aromatic N) is 1. The maximum atomic E-state index is 5.43. The SMILES string of the molecule is COc1ccc(Br)cc1CN(C)CC1CCNCC1. The maximum Gasteiger partial charge on any atom is 0.123 e. The summed E-state index contributed by atoms with van der Waals surface area (Å²) < 4.78 is 6.54. The van der Waals surface area contributed by atoms with Crippen molar-refractivity contribution in [1.82, 2.24) is 10.2 Å². The molecule has 1 fully saturated rings. The number of benzene rings is 1. The van der Waals surface area contributed by atoms with Gasteiger partial charge >= 0.3 is 0 Å². The van der Waals surface area contributed by atoms with Crippen LogP contribution in [0.2, 0.25) is 0 Å². The number of nitrogens with one attached hydrogen (secondary N) is 1. The Morgan fingerprint density at radius 2 is 2.11 bits per heavy atom. The molecule has 2 rings (SSSR count). The van der Waals surface area contributed by atoms with E-state index in [1.54, 1.807) is 7.11 Å². The van der Waals surface area contributed by atoms with Gasteiger partial charge in [0.15, 0.2) is 0 Å². The smallest absolute Gasteiger partial charge is 0.123 e. The van der Waals surface area contributed by atoms with Crippen LogP contribution in [0.15, 0.2) is 22.7 Å². The minimum absolute atomic E-state index is 0.824. The van der Waals surface area contributed by atoms with E-state index in [2.05, 4.69) is 39.3 Å². The van der Waals surface area contributed by atoms with Crippen molar-refractivity contribution in [3.8, 4) is 5.75 Å². The van der Waals surface area contributed by atoms with Gasteiger partial charge < -0.3 is 15.0 Å². The zero-order valence-electron chi connectivity index (χ0n) is 11.8. The van der Waals surface area contributed by atoms with Crippen molar-refractivity contribution in [2.24, 2.45) is 5.92 Å². The Balaban J connectivity index is 1.93. The third-order valence-corrected chi connectivity index (χ3v) is 4.20. The van der Waals surface area contributed by atoms with Gasteiger partial charge in [0.2, 0.25) is 0 Å². The largest absolute Gasteiger partial charge is 0.496 e. The molecule has 1 aliphatic rings. The number of hydrogen-bond donors (Lipinski definition) is 1. The van der Waals surface area contributed by atoms with E-state index in [1.165, 1.54) is 31.5 Å². The van der Waals surface area contributed by atoms with E-state index in [4.69, 9.17) is 4.74 Å². The highest BCUT2D eigenvalue weighted by Gasteiger charge is 2.16. The van der Waals surface area contributed by atoms with Crippen LogP contribution in [-0.4, -0.2) is 38.7 Å². The van der Waals surface area contributed by atoms with Crippen molar-refractivity contribution in [3.05, 3.63) is 28.2 Å². The second kappa shape index (κ2) is 7.27. The van der Waals surface area contributed by atoms with Crippen molar-refractivity contribution in [1.29, 1.82) is 0 Å². The number of methoxy groups -OCH3 is 1. The lowest BCUT2D eigenvalue weighted by Crippen LogP contribution is -2.34. The van der Waals surface area contributed by atoms with Gasteiger partial charge in [0.25, 0.3) is 0 Å². The highest BCUT2D eigenvalue weighted by Crippen LogP contribution is 2.24. The standard InChI is InChI=1S/C15H23BrN2O/c1-18(10-12-5-7-17-8-6-12)11-13-9-14(16)3-4-15(13)19-2/h3-4,9,12,17H,5-8,10-11H2,1-2H3. The molecule has 1 N–H and O–H groups in total. The lowest BCUT2D eigenvalue weighted by molar-refractivity contribution is 0.232. The molecule has 3 nitrogen and oxygen atoms in total. The second-order valence-electron chi connectivity index (χ2n) is 5.35. The summed E-state index contributed by atoms with van der Waals surface area (Å²) >= 11 is 3.53. The molecule has 0 bridgehead atoms. The minimum Gasteiger partial charge on any atom is -0.496 e. The van der Waals surface area contributed by atoms with Crippen LogP contribution in [0.4, 0.5) is 0 Å². The number of halogens is 1. The number of piperidine rings is 1. The molecule has 0 aliphatic carbocycles. The fraction of sp³-hybridized carbons (Fsp3) is 0.600. The summed E-state index contributed by atoms with van der Waals surface area (Å²) in [7, 11) is 3.93. The van der Waals surface area contributed by atoms with Crippen molar-refractivity contribution in [2.75, 3.05) is 33.8 Å². The van der Waals surface area contributed by atoms with Gasteiger partial charge in [0.05, 0.1) is 7.11 Å². The van der Waals surface area contributed by atoms with Crippen LogP contribution in [0.25, 0.3) is 0 Å². The molecule has 0 unspecified atom stereocenters. The Hall–Kier alpha value is -0.580. The van der Waals surface area contributed by atoms with E-state index < -0.39 is 0 Å². The molecule has 0 aromatic heterocycles. The highest BCUT2D eigenvalue weighted by molar-refractivity contribution is 9.10. The third kappa shape index (κ3) is 4.48. The molecular weight excluding hydrogens is 304 g/mol. The van der Waals surface area contributed by atoms with E-state index in [1.807, 2.05) is 12.1 Å². The van der Waals surface area contributed by atoms with Crippen molar-refractivity contribution < 1.29 is 4.74 Å². The van der Waals surface area contributed by atoms with Crippen LogP contribution in [-0.2, 0) is 6.54 Å². The van der Waals surface area contributed by atoms with Crippen molar-refractivity contribution in [2.45, 2.75) is 19.4 Å². The van der Waals surface area contributed by atoms with Crippen LogP contribution in [0.5, 0.6) is 5.75 Å². The van der Waals surface area contributed by atoms with E-state index in [-0.39, 0.29) is 0 Å². The molecule has 1 aromatic carbocycles. The first-order chi connectivity index (χ1) is 9.19. The quantitative estimate of drug-likeness (QED) is 0.900. The Bertz CT molecular complexity index is 405. The van der Waals surface area contributed by atoms with Gasteiger partial charge in [-0.15, -0.1) is 0 Å². The Morgan fingerprint density at radius 3 is 2.79 bits per heavy atom. The van der Waals surface area contributed by atoms with E-state index in [0.29, 0.717) is 0 Å². The zero-order valence-corrected chi connectivity index (χ0v) is 13.4. The zero-order chi connectivity index (χ0) is 13.7. The first-order valence-electron chi connectivity index (χ1n) is 6.90. The average Bonchev–Trinajstić information content (AvgIpc) is 2.40. The Labute approximate surface area is 124 Å². The van der Waals surface area contributed by atoms with Gasteiger partial charge in [0.1, 0.15) is 5.75 Å². The lowest BCUT2D eigenvalue weighted by atomic mass is 9.97. The fourth-order valence-corrected chi connectivity index (χ4v) is 3.14. The van der Waals surface area contributed by atoms with Crippen LogP contribution >= 0.6 is 15.9 Å². The monoisotopic (exact) mass is 326 g/mol. The Morgan fingerprint density at radius 1 is 1.37 bits per heavy atom.